The van der Waals surface area contributed by atoms with E-state index in [0.717, 1.165) is 0 Å². The number of fused-ring (bicyclic) bond motifs is 1. The van der Waals surface area contributed by atoms with Crippen LogP contribution in [0.3, 0.4) is 0 Å². The highest BCUT2D eigenvalue weighted by atomic mass is 35.5. The molecular formula is C11H10Cl2S. The minimum atomic E-state index is 0.560. The molecule has 0 amide bonds. The summed E-state index contributed by atoms with van der Waals surface area (Å²) in [6.45, 7) is 4.38. The summed E-state index contributed by atoms with van der Waals surface area (Å²) in [5, 5.41) is 2.46. The third-order valence-electron chi connectivity index (χ3n) is 2.15. The Morgan fingerprint density at radius 2 is 1.71 bits per heavy atom. The van der Waals surface area contributed by atoms with Gasteiger partial charge in [-0.05, 0) is 29.5 Å². The first-order valence-corrected chi connectivity index (χ1v) is 6.03. The van der Waals surface area contributed by atoms with Crippen LogP contribution in [0.1, 0.15) is 24.6 Å². The van der Waals surface area contributed by atoms with Crippen LogP contribution in [0.25, 0.3) is 10.1 Å². The van der Waals surface area contributed by atoms with Crippen molar-refractivity contribution in [2.24, 2.45) is 0 Å². The molecular weight excluding hydrogens is 235 g/mol. The fraction of sp³-hybridized carbons (Fsp3) is 0.273. The minimum Gasteiger partial charge on any atom is -0.140 e. The summed E-state index contributed by atoms with van der Waals surface area (Å²) in [7, 11) is 0. The summed E-state index contributed by atoms with van der Waals surface area (Å²) in [4.78, 5) is 1.37. The lowest BCUT2D eigenvalue weighted by atomic mass is 10.1. The Labute approximate surface area is 97.5 Å². The SMILES string of the molecule is CC(C)c1cc2cc(Cl)c(Cl)cc2s1. The van der Waals surface area contributed by atoms with Crippen LogP contribution >= 0.6 is 34.5 Å². The van der Waals surface area contributed by atoms with Crippen LogP contribution in [0, 0.1) is 0 Å². The van der Waals surface area contributed by atoms with Gasteiger partial charge in [0.1, 0.15) is 0 Å². The second kappa shape index (κ2) is 3.73. The van der Waals surface area contributed by atoms with Crippen molar-refractivity contribution in [3.05, 3.63) is 33.1 Å². The van der Waals surface area contributed by atoms with Crippen molar-refractivity contribution in [1.82, 2.24) is 0 Å². The number of hydrogen-bond donors (Lipinski definition) is 0. The van der Waals surface area contributed by atoms with Crippen molar-refractivity contribution < 1.29 is 0 Å². The predicted octanol–water partition coefficient (Wildman–Crippen LogP) is 5.33. The quantitative estimate of drug-likeness (QED) is 0.636. The average molecular weight is 245 g/mol. The number of hydrogen-bond acceptors (Lipinski definition) is 1. The molecule has 2 rings (SSSR count). The highest BCUT2D eigenvalue weighted by Gasteiger charge is 2.07. The summed E-state index contributed by atoms with van der Waals surface area (Å²) >= 11 is 13.7. The van der Waals surface area contributed by atoms with Crippen LogP contribution in [-0.4, -0.2) is 0 Å². The second-order valence-corrected chi connectivity index (χ2v) is 5.54. The molecule has 14 heavy (non-hydrogen) atoms. The van der Waals surface area contributed by atoms with E-state index < -0.39 is 0 Å². The van der Waals surface area contributed by atoms with E-state index in [-0.39, 0.29) is 0 Å². The normalized spacial score (nSPS) is 11.5. The van der Waals surface area contributed by atoms with E-state index in [1.165, 1.54) is 15.0 Å². The number of rotatable bonds is 1. The average Bonchev–Trinajstić information content (AvgIpc) is 2.48. The Bertz CT molecular complexity index is 432. The zero-order valence-corrected chi connectivity index (χ0v) is 10.3. The van der Waals surface area contributed by atoms with E-state index in [2.05, 4.69) is 19.9 Å². The van der Waals surface area contributed by atoms with Crippen LogP contribution in [0.4, 0.5) is 0 Å². The van der Waals surface area contributed by atoms with Gasteiger partial charge in [0.15, 0.2) is 0 Å². The van der Waals surface area contributed by atoms with Gasteiger partial charge in [-0.3, -0.25) is 0 Å². The Hall–Kier alpha value is -0.240. The molecule has 0 nitrogen and oxygen atoms in total. The summed E-state index contributed by atoms with van der Waals surface area (Å²) in [5.74, 6) is 0.560. The summed E-state index contributed by atoms with van der Waals surface area (Å²) in [6, 6.07) is 6.06. The second-order valence-electron chi connectivity index (χ2n) is 3.61. The molecule has 74 valence electrons. The standard InChI is InChI=1S/C11H10Cl2S/c1-6(2)10-4-7-3-8(12)9(13)5-11(7)14-10/h3-6H,1-2H3. The lowest BCUT2D eigenvalue weighted by Gasteiger charge is -1.96. The summed E-state index contributed by atoms with van der Waals surface area (Å²) in [6.07, 6.45) is 0. The molecule has 0 fully saturated rings. The molecule has 0 aliphatic carbocycles. The molecule has 1 aromatic heterocycles. The Kier molecular flexibility index (Phi) is 2.74. The van der Waals surface area contributed by atoms with Crippen molar-refractivity contribution in [1.29, 1.82) is 0 Å². The first-order chi connectivity index (χ1) is 6.58. The lowest BCUT2D eigenvalue weighted by molar-refractivity contribution is 0.890. The molecule has 0 radical (unpaired) electrons. The van der Waals surface area contributed by atoms with Gasteiger partial charge >= 0.3 is 0 Å². The Balaban J connectivity index is 2.66. The van der Waals surface area contributed by atoms with Crippen molar-refractivity contribution in [3.8, 4) is 0 Å². The molecule has 0 atom stereocenters. The zero-order valence-electron chi connectivity index (χ0n) is 7.97. The molecule has 2 aromatic rings. The predicted molar refractivity (Wildman–Crippen MR) is 65.9 cm³/mol. The maximum atomic E-state index is 5.95. The van der Waals surface area contributed by atoms with Gasteiger partial charge in [0.25, 0.3) is 0 Å². The monoisotopic (exact) mass is 244 g/mol. The molecule has 0 N–H and O–H groups in total. The van der Waals surface area contributed by atoms with Crippen molar-refractivity contribution in [2.75, 3.05) is 0 Å². The maximum Gasteiger partial charge on any atom is 0.0606 e. The maximum absolute atomic E-state index is 5.95. The lowest BCUT2D eigenvalue weighted by Crippen LogP contribution is -1.77. The van der Waals surface area contributed by atoms with Gasteiger partial charge in [-0.25, -0.2) is 0 Å². The minimum absolute atomic E-state index is 0.560. The van der Waals surface area contributed by atoms with Crippen LogP contribution in [0.2, 0.25) is 10.0 Å². The third kappa shape index (κ3) is 1.77. The number of halogens is 2. The third-order valence-corrected chi connectivity index (χ3v) is 4.27. The summed E-state index contributed by atoms with van der Waals surface area (Å²) in [5.41, 5.74) is 0. The molecule has 3 heteroatoms. The first-order valence-electron chi connectivity index (χ1n) is 4.46. The van der Waals surface area contributed by atoms with Gasteiger partial charge in [0.2, 0.25) is 0 Å². The summed E-state index contributed by atoms with van der Waals surface area (Å²) < 4.78 is 1.21. The molecule has 1 aromatic carbocycles. The zero-order chi connectivity index (χ0) is 10.3. The first kappa shape index (κ1) is 10.3. The van der Waals surface area contributed by atoms with Crippen molar-refractivity contribution in [2.45, 2.75) is 19.8 Å². The van der Waals surface area contributed by atoms with E-state index in [9.17, 15) is 0 Å². The molecule has 0 aliphatic rings. The molecule has 0 spiro atoms. The molecule has 0 bridgehead atoms. The van der Waals surface area contributed by atoms with E-state index in [4.69, 9.17) is 23.2 Å². The van der Waals surface area contributed by atoms with Gasteiger partial charge in [-0.2, -0.15) is 0 Å². The molecule has 0 saturated carbocycles. The largest absolute Gasteiger partial charge is 0.140 e. The van der Waals surface area contributed by atoms with Crippen LogP contribution < -0.4 is 0 Å². The van der Waals surface area contributed by atoms with Gasteiger partial charge in [-0.15, -0.1) is 11.3 Å². The van der Waals surface area contributed by atoms with Crippen molar-refractivity contribution in [3.63, 3.8) is 0 Å². The van der Waals surface area contributed by atoms with Crippen LogP contribution in [-0.2, 0) is 0 Å². The number of thiophene rings is 1. The van der Waals surface area contributed by atoms with E-state index in [0.29, 0.717) is 16.0 Å². The van der Waals surface area contributed by atoms with Gasteiger partial charge in [0.05, 0.1) is 10.0 Å². The molecule has 0 saturated heterocycles. The van der Waals surface area contributed by atoms with Gasteiger partial charge in [0, 0.05) is 9.58 Å². The highest BCUT2D eigenvalue weighted by molar-refractivity contribution is 7.19. The Morgan fingerprint density at radius 1 is 1.07 bits per heavy atom. The van der Waals surface area contributed by atoms with E-state index >= 15 is 0 Å². The smallest absolute Gasteiger partial charge is 0.0606 e. The van der Waals surface area contributed by atoms with Gasteiger partial charge < -0.3 is 0 Å². The topological polar surface area (TPSA) is 0 Å². The molecule has 1 heterocycles. The van der Waals surface area contributed by atoms with Crippen molar-refractivity contribution >= 4 is 44.6 Å². The van der Waals surface area contributed by atoms with E-state index in [1.807, 2.05) is 12.1 Å². The Morgan fingerprint density at radius 3 is 2.36 bits per heavy atom. The highest BCUT2D eigenvalue weighted by Crippen LogP contribution is 2.35. The van der Waals surface area contributed by atoms with Gasteiger partial charge in [-0.1, -0.05) is 37.0 Å². The molecule has 0 unspecified atom stereocenters. The van der Waals surface area contributed by atoms with E-state index in [1.54, 1.807) is 11.3 Å². The number of benzene rings is 1. The fourth-order valence-electron chi connectivity index (χ4n) is 1.34. The fourth-order valence-corrected chi connectivity index (χ4v) is 2.83. The molecule has 0 aliphatic heterocycles. The van der Waals surface area contributed by atoms with Crippen LogP contribution in [0.15, 0.2) is 18.2 Å². The van der Waals surface area contributed by atoms with Crippen LogP contribution in [0.5, 0.6) is 0 Å².